The number of carbonyl (C=O) groups excluding carboxylic acids is 4. The zero-order valence-corrected chi connectivity index (χ0v) is 21.5. The summed E-state index contributed by atoms with van der Waals surface area (Å²) in [4.78, 5) is 51.4. The van der Waals surface area contributed by atoms with Crippen LogP contribution in [0.15, 0.2) is 89.6 Å². The van der Waals surface area contributed by atoms with E-state index in [1.807, 2.05) is 37.3 Å². The van der Waals surface area contributed by atoms with E-state index < -0.39 is 17.8 Å². The van der Waals surface area contributed by atoms with Crippen molar-refractivity contribution in [1.82, 2.24) is 4.90 Å². The number of benzene rings is 3. The van der Waals surface area contributed by atoms with Crippen LogP contribution in [0.2, 0.25) is 0 Å². The zero-order chi connectivity index (χ0) is 27.1. The second-order valence-corrected chi connectivity index (χ2v) is 8.98. The van der Waals surface area contributed by atoms with Crippen molar-refractivity contribution in [3.8, 4) is 0 Å². The highest BCUT2D eigenvalue weighted by Crippen LogP contribution is 2.27. The number of rotatable bonds is 10. The van der Waals surface area contributed by atoms with Gasteiger partial charge >= 0.3 is 5.97 Å². The Kier molecular flexibility index (Phi) is 8.55. The number of hydrogen-bond acceptors (Lipinski definition) is 6. The molecule has 0 bridgehead atoms. The number of hydrogen-bond donors (Lipinski definition) is 2. The monoisotopic (exact) mass is 531 g/mol. The fourth-order valence-electron chi connectivity index (χ4n) is 3.73. The molecule has 0 fully saturated rings. The molecule has 0 aromatic heterocycles. The molecule has 0 radical (unpaired) electrons. The molecule has 0 saturated carbocycles. The Hall–Kier alpha value is -4.43. The molecule has 2 N–H and O–H groups in total. The summed E-state index contributed by atoms with van der Waals surface area (Å²) in [5, 5.41) is 5.46. The highest BCUT2D eigenvalue weighted by Gasteiger charge is 2.37. The van der Waals surface area contributed by atoms with E-state index in [4.69, 9.17) is 16.3 Å². The molecule has 1 aliphatic heterocycles. The number of halogens is 1. The van der Waals surface area contributed by atoms with E-state index in [-0.39, 0.29) is 23.2 Å². The van der Waals surface area contributed by atoms with E-state index in [0.717, 1.165) is 23.3 Å². The topological polar surface area (TPSA) is 105 Å². The highest BCUT2D eigenvalue weighted by atomic mass is 35.5. The molecule has 9 heteroatoms. The van der Waals surface area contributed by atoms with Gasteiger partial charge in [0.25, 0.3) is 17.7 Å². The third-order valence-corrected chi connectivity index (χ3v) is 6.15. The van der Waals surface area contributed by atoms with Gasteiger partial charge in [-0.2, -0.15) is 0 Å². The number of esters is 1. The molecule has 194 valence electrons. The van der Waals surface area contributed by atoms with Gasteiger partial charge in [0.05, 0.1) is 18.7 Å². The maximum atomic E-state index is 12.9. The molecule has 1 aliphatic rings. The third kappa shape index (κ3) is 6.27. The molecular weight excluding hydrogens is 506 g/mol. The van der Waals surface area contributed by atoms with Gasteiger partial charge in [-0.1, -0.05) is 61.3 Å². The lowest BCUT2D eigenvalue weighted by molar-refractivity contribution is -0.138. The second-order valence-electron chi connectivity index (χ2n) is 8.60. The second kappa shape index (κ2) is 12.2. The molecular formula is C29H26ClN3O5. The van der Waals surface area contributed by atoms with E-state index in [0.29, 0.717) is 29.1 Å². The lowest BCUT2D eigenvalue weighted by atomic mass is 10.1. The number of nitrogens with zero attached hydrogens (tertiary/aromatic N) is 1. The fourth-order valence-corrected chi connectivity index (χ4v) is 3.96. The zero-order valence-electron chi connectivity index (χ0n) is 20.7. The molecule has 0 spiro atoms. The Balaban J connectivity index is 1.38. The average molecular weight is 532 g/mol. The first kappa shape index (κ1) is 26.6. The first-order valence-corrected chi connectivity index (χ1v) is 12.5. The summed E-state index contributed by atoms with van der Waals surface area (Å²) in [6, 6.07) is 22.0. The van der Waals surface area contributed by atoms with E-state index in [9.17, 15) is 19.2 Å². The van der Waals surface area contributed by atoms with E-state index in [2.05, 4.69) is 10.6 Å². The lowest BCUT2D eigenvalue weighted by Gasteiger charge is -2.15. The van der Waals surface area contributed by atoms with E-state index in [1.54, 1.807) is 48.5 Å². The van der Waals surface area contributed by atoms with Crippen molar-refractivity contribution in [3.63, 3.8) is 0 Å². The van der Waals surface area contributed by atoms with Crippen molar-refractivity contribution >= 4 is 46.7 Å². The molecule has 3 aromatic rings. The van der Waals surface area contributed by atoms with Gasteiger partial charge in [0.15, 0.2) is 0 Å². The Morgan fingerprint density at radius 2 is 1.61 bits per heavy atom. The summed E-state index contributed by atoms with van der Waals surface area (Å²) in [7, 11) is 0. The van der Waals surface area contributed by atoms with Crippen molar-refractivity contribution in [1.29, 1.82) is 0 Å². The minimum absolute atomic E-state index is 0.0209. The molecule has 0 unspecified atom stereocenters. The maximum absolute atomic E-state index is 12.9. The summed E-state index contributed by atoms with van der Waals surface area (Å²) in [6.07, 6.45) is 1.70. The number of carbonyl (C=O) groups is 4. The minimum atomic E-state index is -0.574. The molecule has 8 nitrogen and oxygen atoms in total. The van der Waals surface area contributed by atoms with Crippen molar-refractivity contribution in [3.05, 3.63) is 106 Å². The molecule has 4 rings (SSSR count). The van der Waals surface area contributed by atoms with Crippen LogP contribution in [0.5, 0.6) is 0 Å². The van der Waals surface area contributed by atoms with Crippen LogP contribution in [-0.2, 0) is 20.9 Å². The molecule has 0 saturated heterocycles. The van der Waals surface area contributed by atoms with Gasteiger partial charge in [-0.05, 0) is 54.4 Å². The van der Waals surface area contributed by atoms with Crippen LogP contribution in [-0.4, -0.2) is 35.2 Å². The van der Waals surface area contributed by atoms with Crippen LogP contribution in [0.4, 0.5) is 11.4 Å². The Morgan fingerprint density at radius 1 is 0.868 bits per heavy atom. The standard InChI is InChI=1S/C29H26ClN3O5/c1-2-3-16-38-29(37)21-10-7-11-23(17-21)32-26(34)20-12-14-22(15-13-20)31-25-24(30)27(35)33(28(25)36)18-19-8-5-4-6-9-19/h4-15,17,31H,2-3,16,18H2,1H3,(H,32,34). The normalized spacial score (nSPS) is 13.1. The molecule has 3 aromatic carbocycles. The van der Waals surface area contributed by atoms with Gasteiger partial charge < -0.3 is 15.4 Å². The maximum Gasteiger partial charge on any atom is 0.338 e. The smallest absolute Gasteiger partial charge is 0.338 e. The third-order valence-electron chi connectivity index (χ3n) is 5.80. The fraction of sp³-hybridized carbons (Fsp3) is 0.172. The summed E-state index contributed by atoms with van der Waals surface area (Å²) < 4.78 is 5.22. The SMILES string of the molecule is CCCCOC(=O)c1cccc(NC(=O)c2ccc(NC3=C(Cl)C(=O)N(Cc4ccccc4)C3=O)cc2)c1. The summed E-state index contributed by atoms with van der Waals surface area (Å²) in [5.74, 6) is -1.93. The molecule has 38 heavy (non-hydrogen) atoms. The van der Waals surface area contributed by atoms with Crippen molar-refractivity contribution in [2.45, 2.75) is 26.3 Å². The van der Waals surface area contributed by atoms with Crippen molar-refractivity contribution < 1.29 is 23.9 Å². The number of ether oxygens (including phenoxy) is 1. The van der Waals surface area contributed by atoms with Crippen LogP contribution < -0.4 is 10.6 Å². The predicted octanol–water partition coefficient (Wildman–Crippen LogP) is 5.33. The van der Waals surface area contributed by atoms with Crippen molar-refractivity contribution in [2.75, 3.05) is 17.2 Å². The predicted molar refractivity (Wildman–Crippen MR) is 145 cm³/mol. The summed E-state index contributed by atoms with van der Waals surface area (Å²) in [5.41, 5.74) is 2.41. The van der Waals surface area contributed by atoms with Gasteiger partial charge in [-0.15, -0.1) is 0 Å². The Morgan fingerprint density at radius 3 is 2.32 bits per heavy atom. The highest BCUT2D eigenvalue weighted by molar-refractivity contribution is 6.48. The molecule has 0 aliphatic carbocycles. The minimum Gasteiger partial charge on any atom is -0.462 e. The number of anilines is 2. The van der Waals surface area contributed by atoms with Crippen LogP contribution in [0, 0.1) is 0 Å². The number of amides is 3. The molecule has 1 heterocycles. The van der Waals surface area contributed by atoms with Crippen LogP contribution in [0.25, 0.3) is 0 Å². The van der Waals surface area contributed by atoms with Gasteiger partial charge in [0.1, 0.15) is 10.7 Å². The average Bonchev–Trinajstić information content (AvgIpc) is 3.13. The van der Waals surface area contributed by atoms with Crippen LogP contribution >= 0.6 is 11.6 Å². The number of imide groups is 1. The van der Waals surface area contributed by atoms with Crippen LogP contribution in [0.1, 0.15) is 46.0 Å². The number of unbranched alkanes of at least 4 members (excludes halogenated alkanes) is 1. The number of nitrogens with one attached hydrogen (secondary N) is 2. The van der Waals surface area contributed by atoms with Crippen LogP contribution in [0.3, 0.4) is 0 Å². The summed E-state index contributed by atoms with van der Waals surface area (Å²) >= 11 is 6.18. The summed E-state index contributed by atoms with van der Waals surface area (Å²) in [6.45, 7) is 2.46. The van der Waals surface area contributed by atoms with Gasteiger partial charge in [-0.25, -0.2) is 4.79 Å². The molecule has 3 amide bonds. The largest absolute Gasteiger partial charge is 0.462 e. The van der Waals surface area contributed by atoms with E-state index in [1.165, 1.54) is 0 Å². The lowest BCUT2D eigenvalue weighted by Crippen LogP contribution is -2.31. The molecule has 0 atom stereocenters. The van der Waals surface area contributed by atoms with Crippen molar-refractivity contribution in [2.24, 2.45) is 0 Å². The first-order chi connectivity index (χ1) is 18.4. The first-order valence-electron chi connectivity index (χ1n) is 12.1. The van der Waals surface area contributed by atoms with E-state index >= 15 is 0 Å². The Bertz CT molecular complexity index is 1390. The van der Waals surface area contributed by atoms with Gasteiger partial charge in [-0.3, -0.25) is 19.3 Å². The van der Waals surface area contributed by atoms with Gasteiger partial charge in [0, 0.05) is 16.9 Å². The van der Waals surface area contributed by atoms with Gasteiger partial charge in [0.2, 0.25) is 0 Å². The quantitative estimate of drug-likeness (QED) is 0.208. The Labute approximate surface area is 225 Å².